The van der Waals surface area contributed by atoms with E-state index < -0.39 is 0 Å². The molecule has 2 amide bonds. The summed E-state index contributed by atoms with van der Waals surface area (Å²) in [5, 5.41) is 2.06. The Morgan fingerprint density at radius 3 is 2.47 bits per heavy atom. The molecule has 2 aromatic carbocycles. The fraction of sp³-hybridized carbons (Fsp3) is 0.407. The summed E-state index contributed by atoms with van der Waals surface area (Å²) in [5.41, 5.74) is 0.746. The Morgan fingerprint density at radius 1 is 0.906 bits per heavy atom. The molecule has 2 aliphatic rings. The number of benzene rings is 2. The van der Waals surface area contributed by atoms with Gasteiger partial charge in [0, 0.05) is 31.1 Å². The second kappa shape index (κ2) is 8.81. The molecule has 3 aromatic rings. The number of furan rings is 1. The second-order valence-electron chi connectivity index (χ2n) is 9.29. The number of hydrogen-bond acceptors (Lipinski definition) is 3. The number of rotatable bonds is 3. The summed E-state index contributed by atoms with van der Waals surface area (Å²) in [4.78, 5) is 30.7. The molecule has 3 heterocycles. The summed E-state index contributed by atoms with van der Waals surface area (Å²) in [6.45, 7) is 4.26. The highest BCUT2D eigenvalue weighted by Crippen LogP contribution is 2.36. The molecule has 0 spiro atoms. The minimum absolute atomic E-state index is 0.0246. The molecule has 0 N–H and O–H groups in total. The Labute approximate surface area is 189 Å². The van der Waals surface area contributed by atoms with Crippen LogP contribution in [0.4, 0.5) is 0 Å². The largest absolute Gasteiger partial charge is 0.467 e. The standard InChI is InChI=1S/C27H30N2O3/c1-19-11-16-29(24(18-19)25-10-5-17-32-25)26(30)21-12-14-28(15-13-21)27(31)23-9-4-7-20-6-2-3-8-22(20)23/h2-10,17,19,21,24H,11-16,18H2,1H3/t19-,24-/m0/s1. The van der Waals surface area contributed by atoms with Crippen LogP contribution in [0.15, 0.2) is 65.3 Å². The maximum absolute atomic E-state index is 13.5. The Morgan fingerprint density at radius 2 is 1.69 bits per heavy atom. The molecule has 2 aliphatic heterocycles. The zero-order valence-corrected chi connectivity index (χ0v) is 18.6. The first-order chi connectivity index (χ1) is 15.6. The van der Waals surface area contributed by atoms with Crippen LogP contribution in [0.3, 0.4) is 0 Å². The van der Waals surface area contributed by atoms with Crippen molar-refractivity contribution in [2.24, 2.45) is 11.8 Å². The molecule has 0 radical (unpaired) electrons. The number of nitrogens with zero attached hydrogens (tertiary/aromatic N) is 2. The highest BCUT2D eigenvalue weighted by Gasteiger charge is 2.37. The highest BCUT2D eigenvalue weighted by atomic mass is 16.3. The molecule has 32 heavy (non-hydrogen) atoms. The van der Waals surface area contributed by atoms with E-state index in [1.54, 1.807) is 6.26 Å². The normalized spacial score (nSPS) is 22.3. The van der Waals surface area contributed by atoms with E-state index in [2.05, 4.69) is 6.92 Å². The van der Waals surface area contributed by atoms with Gasteiger partial charge in [0.2, 0.25) is 5.91 Å². The lowest BCUT2D eigenvalue weighted by atomic mass is 9.88. The van der Waals surface area contributed by atoms with Gasteiger partial charge in [-0.25, -0.2) is 0 Å². The number of amides is 2. The summed E-state index contributed by atoms with van der Waals surface area (Å²) < 4.78 is 5.67. The van der Waals surface area contributed by atoms with E-state index in [9.17, 15) is 9.59 Å². The van der Waals surface area contributed by atoms with Gasteiger partial charge < -0.3 is 14.2 Å². The third-order valence-corrected chi connectivity index (χ3v) is 7.17. The van der Waals surface area contributed by atoms with E-state index in [0.29, 0.717) is 31.8 Å². The van der Waals surface area contributed by atoms with Gasteiger partial charge in [-0.1, -0.05) is 43.3 Å². The van der Waals surface area contributed by atoms with Crippen molar-refractivity contribution in [2.75, 3.05) is 19.6 Å². The maximum atomic E-state index is 13.5. The SMILES string of the molecule is C[C@H]1CCN(C(=O)C2CCN(C(=O)c3cccc4ccccc34)CC2)[C@H](c2ccco2)C1. The van der Waals surface area contributed by atoms with E-state index >= 15 is 0 Å². The second-order valence-corrected chi connectivity index (χ2v) is 9.29. The molecule has 0 aliphatic carbocycles. The Hall–Kier alpha value is -3.08. The van der Waals surface area contributed by atoms with Gasteiger partial charge in [-0.2, -0.15) is 0 Å². The Bertz CT molecular complexity index is 1090. The molecular weight excluding hydrogens is 400 g/mol. The van der Waals surface area contributed by atoms with Crippen molar-refractivity contribution in [1.29, 1.82) is 0 Å². The third kappa shape index (κ3) is 3.92. The van der Waals surface area contributed by atoms with E-state index in [0.717, 1.165) is 41.5 Å². The average molecular weight is 431 g/mol. The maximum Gasteiger partial charge on any atom is 0.254 e. The number of carbonyl (C=O) groups excluding carboxylic acids is 2. The van der Waals surface area contributed by atoms with Crippen molar-refractivity contribution >= 4 is 22.6 Å². The molecule has 5 rings (SSSR count). The molecule has 0 saturated carbocycles. The predicted molar refractivity (Wildman–Crippen MR) is 124 cm³/mol. The number of hydrogen-bond donors (Lipinski definition) is 0. The van der Waals surface area contributed by atoms with Crippen LogP contribution in [0.1, 0.15) is 54.8 Å². The van der Waals surface area contributed by atoms with Crippen LogP contribution in [0, 0.1) is 11.8 Å². The van der Waals surface area contributed by atoms with Crippen LogP contribution >= 0.6 is 0 Å². The molecular formula is C27H30N2O3. The summed E-state index contributed by atoms with van der Waals surface area (Å²) in [6, 6.07) is 17.8. The van der Waals surface area contributed by atoms with Gasteiger partial charge in [-0.15, -0.1) is 0 Å². The van der Waals surface area contributed by atoms with Crippen LogP contribution in [0.2, 0.25) is 0 Å². The molecule has 5 heteroatoms. The van der Waals surface area contributed by atoms with Crippen molar-refractivity contribution < 1.29 is 14.0 Å². The molecule has 166 valence electrons. The smallest absolute Gasteiger partial charge is 0.254 e. The number of piperidine rings is 2. The van der Waals surface area contributed by atoms with E-state index in [4.69, 9.17) is 4.42 Å². The van der Waals surface area contributed by atoms with Crippen molar-refractivity contribution in [3.8, 4) is 0 Å². The Kier molecular flexibility index (Phi) is 5.73. The van der Waals surface area contributed by atoms with Crippen LogP contribution < -0.4 is 0 Å². The minimum atomic E-state index is -0.0302. The van der Waals surface area contributed by atoms with Crippen molar-refractivity contribution in [2.45, 2.75) is 38.6 Å². The van der Waals surface area contributed by atoms with E-state index in [-0.39, 0.29) is 23.8 Å². The monoisotopic (exact) mass is 430 g/mol. The van der Waals surface area contributed by atoms with Gasteiger partial charge in [0.25, 0.3) is 5.91 Å². The average Bonchev–Trinajstić information content (AvgIpc) is 3.38. The van der Waals surface area contributed by atoms with Crippen LogP contribution in [0.25, 0.3) is 10.8 Å². The summed E-state index contributed by atoms with van der Waals surface area (Å²) >= 11 is 0. The van der Waals surface area contributed by atoms with E-state index in [1.807, 2.05) is 64.4 Å². The fourth-order valence-corrected chi connectivity index (χ4v) is 5.30. The summed E-state index contributed by atoms with van der Waals surface area (Å²) in [6.07, 6.45) is 5.09. The van der Waals surface area contributed by atoms with Gasteiger partial charge in [-0.05, 0) is 60.6 Å². The lowest BCUT2D eigenvalue weighted by molar-refractivity contribution is -0.142. The van der Waals surface area contributed by atoms with Crippen LogP contribution in [-0.2, 0) is 4.79 Å². The number of fused-ring (bicyclic) bond motifs is 1. The molecule has 2 fully saturated rings. The number of likely N-dealkylation sites (tertiary alicyclic amines) is 2. The van der Waals surface area contributed by atoms with Crippen molar-refractivity contribution in [3.63, 3.8) is 0 Å². The van der Waals surface area contributed by atoms with Crippen LogP contribution in [0.5, 0.6) is 0 Å². The van der Waals surface area contributed by atoms with Crippen molar-refractivity contribution in [3.05, 3.63) is 72.2 Å². The quantitative estimate of drug-likeness (QED) is 0.568. The zero-order chi connectivity index (χ0) is 22.1. The Balaban J connectivity index is 1.27. The molecule has 0 unspecified atom stereocenters. The predicted octanol–water partition coefficient (Wildman–Crippen LogP) is 5.28. The molecule has 0 bridgehead atoms. The molecule has 1 aromatic heterocycles. The first-order valence-corrected chi connectivity index (χ1v) is 11.7. The molecule has 2 atom stereocenters. The molecule has 5 nitrogen and oxygen atoms in total. The molecule has 2 saturated heterocycles. The van der Waals surface area contributed by atoms with E-state index in [1.165, 1.54) is 0 Å². The van der Waals surface area contributed by atoms with Crippen molar-refractivity contribution in [1.82, 2.24) is 9.80 Å². The first-order valence-electron chi connectivity index (χ1n) is 11.7. The zero-order valence-electron chi connectivity index (χ0n) is 18.6. The first kappa shape index (κ1) is 20.8. The third-order valence-electron chi connectivity index (χ3n) is 7.17. The summed E-state index contributed by atoms with van der Waals surface area (Å²) in [5.74, 6) is 1.71. The van der Waals surface area contributed by atoms with Gasteiger partial charge in [0.1, 0.15) is 5.76 Å². The van der Waals surface area contributed by atoms with Gasteiger partial charge in [-0.3, -0.25) is 9.59 Å². The van der Waals surface area contributed by atoms with Crippen LogP contribution in [-0.4, -0.2) is 41.2 Å². The highest BCUT2D eigenvalue weighted by molar-refractivity contribution is 6.07. The number of carbonyl (C=O) groups is 2. The van der Waals surface area contributed by atoms with Gasteiger partial charge in [0.15, 0.2) is 0 Å². The fourth-order valence-electron chi connectivity index (χ4n) is 5.30. The lowest BCUT2D eigenvalue weighted by Crippen LogP contribution is -2.47. The topological polar surface area (TPSA) is 53.8 Å². The van der Waals surface area contributed by atoms with Gasteiger partial charge >= 0.3 is 0 Å². The minimum Gasteiger partial charge on any atom is -0.467 e. The lowest BCUT2D eigenvalue weighted by Gasteiger charge is -2.41. The summed E-state index contributed by atoms with van der Waals surface area (Å²) in [7, 11) is 0. The van der Waals surface area contributed by atoms with Gasteiger partial charge in [0.05, 0.1) is 12.3 Å².